The number of nitrogen functional groups attached to an aromatic ring is 2. The van der Waals surface area contributed by atoms with E-state index in [9.17, 15) is 14.4 Å². The van der Waals surface area contributed by atoms with E-state index in [0.717, 1.165) is 22.8 Å². The van der Waals surface area contributed by atoms with Crippen molar-refractivity contribution in [1.82, 2.24) is 32.6 Å². The molecule has 3 aromatic heterocycles. The second kappa shape index (κ2) is 18.1. The predicted molar refractivity (Wildman–Crippen MR) is 229 cm³/mol. The molecule has 17 nitrogen and oxygen atoms in total. The number of nitrogens with two attached hydrogens (primary N) is 2. The van der Waals surface area contributed by atoms with Gasteiger partial charge in [-0.2, -0.15) is 5.11 Å². The summed E-state index contributed by atoms with van der Waals surface area (Å²) in [5.74, 6) is 0.173. The van der Waals surface area contributed by atoms with Crippen molar-refractivity contribution in [1.29, 1.82) is 0 Å². The molecule has 0 spiro atoms. The van der Waals surface area contributed by atoms with E-state index in [-0.39, 0.29) is 57.7 Å². The Morgan fingerprint density at radius 1 is 0.712 bits per heavy atom. The number of aromatic nitrogens is 6. The summed E-state index contributed by atoms with van der Waals surface area (Å²) < 4.78 is 23.4. The van der Waals surface area contributed by atoms with Gasteiger partial charge in [0.15, 0.2) is 21.3 Å². The molecule has 2 atom stereocenters. The molecule has 59 heavy (non-hydrogen) atoms. The number of azo groups is 1. The van der Waals surface area contributed by atoms with Crippen LogP contribution in [-0.2, 0) is 52.7 Å². The predicted octanol–water partition coefficient (Wildman–Crippen LogP) is 5.65. The fraction of sp³-hybridized carbons (Fsp3) is 0.359. The molecular formula is C39H48N12O5S2Zn. The van der Waals surface area contributed by atoms with Crippen LogP contribution in [0, 0.1) is 16.5 Å². The molecule has 0 amide bonds. The maximum Gasteiger partial charge on any atom is 0.294 e. The van der Waals surface area contributed by atoms with Crippen molar-refractivity contribution in [2.24, 2.45) is 17.3 Å². The number of fused-ring (bicyclic) bond motifs is 2. The Hall–Kier alpha value is -5.59. The van der Waals surface area contributed by atoms with E-state index in [1.165, 1.54) is 9.13 Å². The molecule has 5 heterocycles. The smallest absolute Gasteiger partial charge is 0.294 e. The summed E-state index contributed by atoms with van der Waals surface area (Å²) >= 11 is 11.3. The molecule has 0 fully saturated rings. The Morgan fingerprint density at radius 2 is 1.24 bits per heavy atom. The summed E-state index contributed by atoms with van der Waals surface area (Å²) in [4.78, 5) is 38.7. The molecule has 4 N–H and O–H groups in total. The summed E-state index contributed by atoms with van der Waals surface area (Å²) in [7, 11) is 3.71. The second-order valence-corrected chi connectivity index (χ2v) is 14.2. The molecule has 0 radical (unpaired) electrons. The van der Waals surface area contributed by atoms with Gasteiger partial charge in [-0.1, -0.05) is 36.4 Å². The Kier molecular flexibility index (Phi) is 13.7. The van der Waals surface area contributed by atoms with Crippen LogP contribution in [0.2, 0.25) is 0 Å². The number of ether oxygens (including phenoxy) is 2. The molecule has 0 saturated heterocycles. The zero-order valence-corrected chi connectivity index (χ0v) is 39.0. The minimum atomic E-state index is -1.19. The zero-order chi connectivity index (χ0) is 42.2. The van der Waals surface area contributed by atoms with E-state index in [2.05, 4.69) is 10.2 Å². The van der Waals surface area contributed by atoms with E-state index in [1.807, 2.05) is 126 Å². The van der Waals surface area contributed by atoms with Gasteiger partial charge in [-0.05, 0) is 90.2 Å². The first-order valence-corrected chi connectivity index (χ1v) is 19.7. The quantitative estimate of drug-likeness (QED) is 0.145. The normalized spacial score (nSPS) is 15.7. The second-order valence-electron chi connectivity index (χ2n) is 13.4. The van der Waals surface area contributed by atoms with E-state index in [0.29, 0.717) is 37.6 Å². The number of allylic oxidation sites excluding steroid dienone is 1. The Morgan fingerprint density at radius 3 is 1.76 bits per heavy atom. The molecule has 2 aliphatic heterocycles. The first-order valence-electron chi connectivity index (χ1n) is 18.9. The van der Waals surface area contributed by atoms with Crippen molar-refractivity contribution in [3.63, 3.8) is 0 Å². The number of nitrogens with zero attached hydrogens (tertiary/aromatic N) is 10. The maximum atomic E-state index is 13.6. The van der Waals surface area contributed by atoms with Crippen LogP contribution >= 0.6 is 24.4 Å². The van der Waals surface area contributed by atoms with Crippen LogP contribution in [0.15, 0.2) is 96.7 Å². The van der Waals surface area contributed by atoms with Crippen LogP contribution in [0.4, 0.5) is 22.7 Å². The fourth-order valence-corrected chi connectivity index (χ4v) is 7.86. The number of anilines is 3. The van der Waals surface area contributed by atoms with E-state index < -0.39 is 23.5 Å². The molecule has 0 aliphatic carbocycles. The number of hydrazine groups is 1. The van der Waals surface area contributed by atoms with Gasteiger partial charge in [-0.3, -0.25) is 47.4 Å². The van der Waals surface area contributed by atoms with Gasteiger partial charge in [0.25, 0.3) is 23.0 Å². The molecule has 2 aromatic carbocycles. The first-order chi connectivity index (χ1) is 27.7. The first kappa shape index (κ1) is 44.5. The Labute approximate surface area is 363 Å². The van der Waals surface area contributed by atoms with E-state index >= 15 is 0 Å². The largest absolute Gasteiger partial charge is 0.434 e. The standard InChI is InChI=1S/C28H35N9O4S2.C11H13N3O.Zn/c1-7-33-22(38)18(29)24(35(9-3)27(33)42)40-26-21-19(16(5)32(6)37(21)17-14-12-11-13-15-17)30-31-20-23(39)34(8-2)28(43)36(10-4)25(20)41-26;1-8-10(12)11(15)14(13(8)2)9-6-4-3-5-7-9;/h11-15,21,26H,7-10,29H2,1-6H3;3-7H,12H2,1-2H3;/t21-,26?;;/m1../s1. The van der Waals surface area contributed by atoms with Gasteiger partial charge in [-0.25, -0.2) is 4.68 Å². The van der Waals surface area contributed by atoms with Gasteiger partial charge in [-0.15, -0.1) is 5.11 Å². The van der Waals surface area contributed by atoms with Crippen molar-refractivity contribution in [2.45, 2.75) is 80.1 Å². The molecule has 0 bridgehead atoms. The number of para-hydroxylation sites is 2. The minimum Gasteiger partial charge on any atom is -0.434 e. The molecule has 7 rings (SSSR count). The monoisotopic (exact) mass is 892 g/mol. The van der Waals surface area contributed by atoms with Crippen molar-refractivity contribution in [3.05, 3.63) is 118 Å². The van der Waals surface area contributed by atoms with Crippen LogP contribution in [0.5, 0.6) is 11.8 Å². The number of hydrogen-bond acceptors (Lipinski definition) is 13. The summed E-state index contributed by atoms with van der Waals surface area (Å²) in [6.45, 7) is 12.6. The van der Waals surface area contributed by atoms with Crippen molar-refractivity contribution < 1.29 is 29.0 Å². The van der Waals surface area contributed by atoms with Crippen molar-refractivity contribution in [3.8, 4) is 17.4 Å². The van der Waals surface area contributed by atoms with Gasteiger partial charge in [0.05, 0.1) is 22.8 Å². The Balaban J connectivity index is 0.000000347. The fourth-order valence-electron chi connectivity index (χ4n) is 7.02. The van der Waals surface area contributed by atoms with Crippen LogP contribution < -0.4 is 42.6 Å². The van der Waals surface area contributed by atoms with Gasteiger partial charge in [0.2, 0.25) is 17.4 Å². The Bertz CT molecular complexity index is 2740. The van der Waals surface area contributed by atoms with Crippen molar-refractivity contribution >= 4 is 47.2 Å². The third-order valence-electron chi connectivity index (χ3n) is 10.3. The van der Waals surface area contributed by atoms with Crippen LogP contribution in [-0.4, -0.2) is 52.0 Å². The molecule has 1 unspecified atom stereocenters. The zero-order valence-electron chi connectivity index (χ0n) is 34.4. The molecule has 5 aromatic rings. The third-order valence-corrected chi connectivity index (χ3v) is 11.2. The minimum absolute atomic E-state index is 0. The van der Waals surface area contributed by atoms with Gasteiger partial charge < -0.3 is 20.9 Å². The molecule has 308 valence electrons. The maximum absolute atomic E-state index is 13.6. The van der Waals surface area contributed by atoms with E-state index in [1.54, 1.807) is 18.5 Å². The van der Waals surface area contributed by atoms with Crippen LogP contribution in [0.3, 0.4) is 0 Å². The van der Waals surface area contributed by atoms with Crippen LogP contribution in [0.1, 0.15) is 40.3 Å². The SMILES string of the molecule is CCn1c(OC2Oc3c(c(=O)n(CC)c(=S)n3CC)N=NC3=C(C)N(C)N(c4ccccc4)[C@H]32)c(N)c(=O)n(CC)c1=S.Cc1c(N)c(=O)n(-c2ccccc2)n1C.[Zn]. The molecule has 20 heteroatoms. The molecular weight excluding hydrogens is 846 g/mol. The molecule has 0 saturated carbocycles. The van der Waals surface area contributed by atoms with E-state index in [4.69, 9.17) is 45.4 Å². The average molecular weight is 894 g/mol. The number of benzene rings is 2. The van der Waals surface area contributed by atoms with Gasteiger partial charge in [0, 0.05) is 59.8 Å². The number of hydrogen-bond donors (Lipinski definition) is 2. The topological polar surface area (TPSA) is 182 Å². The van der Waals surface area contributed by atoms with Crippen molar-refractivity contribution in [2.75, 3.05) is 23.5 Å². The summed E-state index contributed by atoms with van der Waals surface area (Å²) in [5, 5.41) is 13.0. The number of rotatable bonds is 8. The van der Waals surface area contributed by atoms with Gasteiger partial charge in [0.1, 0.15) is 11.4 Å². The summed E-state index contributed by atoms with van der Waals surface area (Å²) in [5.41, 5.74) is 15.0. The third kappa shape index (κ3) is 7.71. The van der Waals surface area contributed by atoms with Gasteiger partial charge >= 0.3 is 0 Å². The summed E-state index contributed by atoms with van der Waals surface area (Å²) in [6.07, 6.45) is -1.19. The van der Waals surface area contributed by atoms with Crippen LogP contribution in [0.25, 0.3) is 5.69 Å². The summed E-state index contributed by atoms with van der Waals surface area (Å²) in [6, 6.07) is 18.4. The molecule has 2 aliphatic rings. The average Bonchev–Trinajstić information content (AvgIpc) is 3.58.